The molecule has 20 heavy (non-hydrogen) atoms. The number of hydrogen-bond donors (Lipinski definition) is 0. The van der Waals surface area contributed by atoms with Crippen molar-refractivity contribution in [3.05, 3.63) is 29.8 Å². The van der Waals surface area contributed by atoms with E-state index in [1.807, 2.05) is 6.07 Å². The molecule has 0 bridgehead atoms. The van der Waals surface area contributed by atoms with Gasteiger partial charge in [-0.05, 0) is 55.5 Å². The van der Waals surface area contributed by atoms with E-state index in [1.165, 1.54) is 23.8 Å². The van der Waals surface area contributed by atoms with Gasteiger partial charge in [0.05, 0.1) is 12.6 Å². The number of rotatable bonds is 2. The maximum Gasteiger partial charge on any atom is 0.129 e. The lowest BCUT2D eigenvalue weighted by Crippen LogP contribution is -2.34. The van der Waals surface area contributed by atoms with Crippen molar-refractivity contribution in [3.63, 3.8) is 0 Å². The Balaban J connectivity index is 2.01. The van der Waals surface area contributed by atoms with E-state index >= 15 is 0 Å². The van der Waals surface area contributed by atoms with Crippen LogP contribution in [0.4, 0.5) is 5.82 Å². The first-order chi connectivity index (χ1) is 9.67. The minimum absolute atomic E-state index is 0.762. The van der Waals surface area contributed by atoms with Gasteiger partial charge < -0.3 is 9.64 Å². The predicted octanol–water partition coefficient (Wildman–Crippen LogP) is 3.79. The van der Waals surface area contributed by atoms with Gasteiger partial charge in [0.2, 0.25) is 0 Å². The molecule has 3 nitrogen and oxygen atoms in total. The molecule has 1 atom stereocenters. The molecular weight excluding hydrogens is 248 g/mol. The van der Waals surface area contributed by atoms with Gasteiger partial charge in [-0.25, -0.2) is 4.98 Å². The molecule has 0 unspecified atom stereocenters. The van der Waals surface area contributed by atoms with Gasteiger partial charge in [0, 0.05) is 18.5 Å². The van der Waals surface area contributed by atoms with Gasteiger partial charge in [0.1, 0.15) is 11.6 Å². The summed E-state index contributed by atoms with van der Waals surface area (Å²) in [5.41, 5.74) is 2.32. The van der Waals surface area contributed by atoms with Crippen LogP contribution in [0.5, 0.6) is 5.75 Å². The quantitative estimate of drug-likeness (QED) is 0.830. The van der Waals surface area contributed by atoms with Gasteiger partial charge in [0.25, 0.3) is 0 Å². The molecule has 3 rings (SSSR count). The first kappa shape index (κ1) is 13.2. The smallest absolute Gasteiger partial charge is 0.129 e. The number of aromatic nitrogens is 1. The highest BCUT2D eigenvalue weighted by molar-refractivity contribution is 5.85. The van der Waals surface area contributed by atoms with E-state index in [-0.39, 0.29) is 0 Å². The number of anilines is 1. The summed E-state index contributed by atoms with van der Waals surface area (Å²) in [5.74, 6) is 2.77. The molecule has 0 saturated carbocycles. The van der Waals surface area contributed by atoms with E-state index in [2.05, 4.69) is 36.9 Å². The Hall–Kier alpha value is -1.77. The van der Waals surface area contributed by atoms with Crippen molar-refractivity contribution in [3.8, 4) is 5.75 Å². The third-order valence-electron chi connectivity index (χ3n) is 4.19. The van der Waals surface area contributed by atoms with Crippen LogP contribution >= 0.6 is 0 Å². The van der Waals surface area contributed by atoms with Crippen molar-refractivity contribution in [2.45, 2.75) is 26.7 Å². The van der Waals surface area contributed by atoms with Crippen molar-refractivity contribution in [1.82, 2.24) is 4.98 Å². The molecule has 0 amide bonds. The summed E-state index contributed by atoms with van der Waals surface area (Å²) in [6.45, 7) is 6.72. The molecule has 1 saturated heterocycles. The predicted molar refractivity (Wildman–Crippen MR) is 83.6 cm³/mol. The van der Waals surface area contributed by atoms with E-state index < -0.39 is 0 Å². The minimum Gasteiger partial charge on any atom is -0.497 e. The summed E-state index contributed by atoms with van der Waals surface area (Å²) < 4.78 is 5.30. The average molecular weight is 270 g/mol. The summed E-state index contributed by atoms with van der Waals surface area (Å²) in [7, 11) is 1.70. The van der Waals surface area contributed by atoms with Gasteiger partial charge >= 0.3 is 0 Å². The van der Waals surface area contributed by atoms with Crippen molar-refractivity contribution in [1.29, 1.82) is 0 Å². The second kappa shape index (κ2) is 5.31. The maximum atomic E-state index is 5.30. The van der Waals surface area contributed by atoms with Crippen LogP contribution in [0.1, 0.15) is 25.3 Å². The normalized spacial score (nSPS) is 19.4. The zero-order valence-corrected chi connectivity index (χ0v) is 12.5. The van der Waals surface area contributed by atoms with Crippen LogP contribution in [0, 0.1) is 12.8 Å². The maximum absolute atomic E-state index is 5.30. The van der Waals surface area contributed by atoms with Crippen molar-refractivity contribution < 1.29 is 4.74 Å². The number of ether oxygens (including phenoxy) is 1. The zero-order chi connectivity index (χ0) is 14.1. The number of methoxy groups -OCH3 is 1. The van der Waals surface area contributed by atoms with Gasteiger partial charge in [-0.3, -0.25) is 0 Å². The second-order valence-corrected chi connectivity index (χ2v) is 5.87. The number of hydrogen-bond acceptors (Lipinski definition) is 3. The van der Waals surface area contributed by atoms with Crippen molar-refractivity contribution in [2.24, 2.45) is 5.92 Å². The highest BCUT2D eigenvalue weighted by Crippen LogP contribution is 2.28. The molecule has 3 heteroatoms. The molecule has 1 aliphatic rings. The Labute approximate surface area is 120 Å². The number of pyridine rings is 1. The molecule has 2 aromatic rings. The lowest BCUT2D eigenvalue weighted by atomic mass is 10.00. The number of piperidine rings is 1. The van der Waals surface area contributed by atoms with Gasteiger partial charge in [-0.1, -0.05) is 6.92 Å². The standard InChI is InChI=1S/C17H22N2O/c1-12-5-4-8-19(11-12)17-9-13(2)15-10-14(20-3)6-7-16(15)18-17/h6-7,9-10,12H,4-5,8,11H2,1-3H3/t12-/m1/s1. The van der Waals surface area contributed by atoms with Crippen LogP contribution in [0.25, 0.3) is 10.9 Å². The zero-order valence-electron chi connectivity index (χ0n) is 12.5. The number of nitrogens with zero attached hydrogens (tertiary/aromatic N) is 2. The fourth-order valence-electron chi connectivity index (χ4n) is 3.04. The Morgan fingerprint density at radius 3 is 2.90 bits per heavy atom. The second-order valence-electron chi connectivity index (χ2n) is 5.87. The van der Waals surface area contributed by atoms with E-state index in [0.717, 1.165) is 36.1 Å². The molecule has 106 valence electrons. The van der Waals surface area contributed by atoms with Gasteiger partial charge in [-0.2, -0.15) is 0 Å². The Morgan fingerprint density at radius 1 is 1.30 bits per heavy atom. The molecule has 0 radical (unpaired) electrons. The Kier molecular flexibility index (Phi) is 3.51. The van der Waals surface area contributed by atoms with E-state index in [4.69, 9.17) is 9.72 Å². The minimum atomic E-state index is 0.762. The fourth-order valence-corrected chi connectivity index (χ4v) is 3.04. The SMILES string of the molecule is COc1ccc2nc(N3CCC[C@@H](C)C3)cc(C)c2c1. The summed E-state index contributed by atoms with van der Waals surface area (Å²) in [5, 5.41) is 1.18. The van der Waals surface area contributed by atoms with E-state index in [0.29, 0.717) is 0 Å². The summed E-state index contributed by atoms with van der Waals surface area (Å²) in [4.78, 5) is 7.26. The first-order valence-corrected chi connectivity index (χ1v) is 7.37. The summed E-state index contributed by atoms with van der Waals surface area (Å²) in [6, 6.07) is 8.31. The lowest BCUT2D eigenvalue weighted by Gasteiger charge is -2.32. The third-order valence-corrected chi connectivity index (χ3v) is 4.19. The van der Waals surface area contributed by atoms with E-state index in [1.54, 1.807) is 7.11 Å². The third kappa shape index (κ3) is 2.45. The van der Waals surface area contributed by atoms with Crippen LogP contribution in [0.15, 0.2) is 24.3 Å². The van der Waals surface area contributed by atoms with Crippen LogP contribution in [-0.2, 0) is 0 Å². The van der Waals surface area contributed by atoms with Crippen molar-refractivity contribution >= 4 is 16.7 Å². The van der Waals surface area contributed by atoms with E-state index in [9.17, 15) is 0 Å². The largest absolute Gasteiger partial charge is 0.497 e. The summed E-state index contributed by atoms with van der Waals surface area (Å²) in [6.07, 6.45) is 2.60. The molecule has 2 heterocycles. The highest BCUT2D eigenvalue weighted by atomic mass is 16.5. The topological polar surface area (TPSA) is 25.4 Å². The molecule has 0 spiro atoms. The van der Waals surface area contributed by atoms with Crippen molar-refractivity contribution in [2.75, 3.05) is 25.1 Å². The lowest BCUT2D eigenvalue weighted by molar-refractivity contribution is 0.415. The Bertz CT molecular complexity index is 624. The molecule has 1 fully saturated rings. The van der Waals surface area contributed by atoms with Gasteiger partial charge in [0.15, 0.2) is 0 Å². The molecule has 0 aliphatic carbocycles. The number of aryl methyl sites for hydroxylation is 1. The molecule has 1 aromatic carbocycles. The van der Waals surface area contributed by atoms with Crippen LogP contribution < -0.4 is 9.64 Å². The molecule has 1 aliphatic heterocycles. The summed E-state index contributed by atoms with van der Waals surface area (Å²) >= 11 is 0. The monoisotopic (exact) mass is 270 g/mol. The van der Waals surface area contributed by atoms with Crippen LogP contribution in [0.3, 0.4) is 0 Å². The number of benzene rings is 1. The fraction of sp³-hybridized carbons (Fsp3) is 0.471. The average Bonchev–Trinajstić information content (AvgIpc) is 2.47. The molecular formula is C17H22N2O. The van der Waals surface area contributed by atoms with Crippen LogP contribution in [0.2, 0.25) is 0 Å². The van der Waals surface area contributed by atoms with Gasteiger partial charge in [-0.15, -0.1) is 0 Å². The number of fused-ring (bicyclic) bond motifs is 1. The molecule has 0 N–H and O–H groups in total. The van der Waals surface area contributed by atoms with Crippen LogP contribution in [-0.4, -0.2) is 25.2 Å². The molecule has 1 aromatic heterocycles. The first-order valence-electron chi connectivity index (χ1n) is 7.37. The Morgan fingerprint density at radius 2 is 2.15 bits per heavy atom. The highest BCUT2D eigenvalue weighted by Gasteiger charge is 2.18.